The lowest BCUT2D eigenvalue weighted by Crippen LogP contribution is -2.29. The van der Waals surface area contributed by atoms with Gasteiger partial charge in [0.1, 0.15) is 11.3 Å². The number of hydrogen-bond donors (Lipinski definition) is 3. The van der Waals surface area contributed by atoms with Gasteiger partial charge in [0.15, 0.2) is 0 Å². The standard InChI is InChI=1S/C30H34N8/c1-19(15-30(2,3)4)34-21-12-20(16-31-17-21)24-13-22-26(18-33-24)36-37-28(22)25-14-23-27(8-9-32-29(23)35-25)38-10-6-5-7-11-38/h8-9,12-14,16-18,34H,1,5-7,10-11,15H2,2-4H3,(H,32,35)(H,36,37). The number of H-pyrrole nitrogens is 2. The molecule has 0 saturated carbocycles. The molecular weight excluding hydrogens is 472 g/mol. The van der Waals surface area contributed by atoms with Crippen molar-refractivity contribution in [2.24, 2.45) is 5.41 Å². The van der Waals surface area contributed by atoms with Crippen molar-refractivity contribution < 1.29 is 0 Å². The lowest BCUT2D eigenvalue weighted by molar-refractivity contribution is 0.411. The molecule has 8 heteroatoms. The van der Waals surface area contributed by atoms with Crippen molar-refractivity contribution in [3.8, 4) is 22.6 Å². The maximum absolute atomic E-state index is 4.69. The van der Waals surface area contributed by atoms with Crippen LogP contribution in [0.5, 0.6) is 0 Å². The fraction of sp³-hybridized carbons (Fsp3) is 0.333. The summed E-state index contributed by atoms with van der Waals surface area (Å²) >= 11 is 0. The molecule has 3 N–H and O–H groups in total. The molecule has 0 aromatic carbocycles. The van der Waals surface area contributed by atoms with Crippen molar-refractivity contribution >= 4 is 33.3 Å². The Labute approximate surface area is 222 Å². The Kier molecular flexibility index (Phi) is 6.10. The first-order valence-corrected chi connectivity index (χ1v) is 13.3. The van der Waals surface area contributed by atoms with Crippen molar-refractivity contribution in [1.29, 1.82) is 0 Å². The van der Waals surface area contributed by atoms with Crippen molar-refractivity contribution in [1.82, 2.24) is 30.1 Å². The largest absolute Gasteiger partial charge is 0.371 e. The summed E-state index contributed by atoms with van der Waals surface area (Å²) in [6.45, 7) is 13.0. The van der Waals surface area contributed by atoms with Crippen LogP contribution >= 0.6 is 0 Å². The van der Waals surface area contributed by atoms with E-state index in [0.29, 0.717) is 0 Å². The average molecular weight is 507 g/mol. The number of aromatic amines is 2. The van der Waals surface area contributed by atoms with Crippen LogP contribution in [0.25, 0.3) is 44.6 Å². The van der Waals surface area contributed by atoms with E-state index in [0.717, 1.165) is 75.5 Å². The smallest absolute Gasteiger partial charge is 0.139 e. The van der Waals surface area contributed by atoms with Crippen molar-refractivity contribution in [2.75, 3.05) is 23.3 Å². The van der Waals surface area contributed by atoms with Gasteiger partial charge < -0.3 is 15.2 Å². The summed E-state index contributed by atoms with van der Waals surface area (Å²) in [7, 11) is 0. The van der Waals surface area contributed by atoms with Crippen LogP contribution in [-0.4, -0.2) is 43.2 Å². The third-order valence-electron chi connectivity index (χ3n) is 7.01. The highest BCUT2D eigenvalue weighted by Crippen LogP contribution is 2.34. The van der Waals surface area contributed by atoms with Crippen molar-refractivity contribution in [3.05, 3.63) is 61.3 Å². The summed E-state index contributed by atoms with van der Waals surface area (Å²) in [5.41, 5.74) is 8.58. The Morgan fingerprint density at radius 1 is 1.03 bits per heavy atom. The van der Waals surface area contributed by atoms with Crippen LogP contribution < -0.4 is 10.2 Å². The number of pyridine rings is 3. The first-order chi connectivity index (χ1) is 18.3. The van der Waals surface area contributed by atoms with Gasteiger partial charge in [-0.15, -0.1) is 0 Å². The van der Waals surface area contributed by atoms with E-state index in [1.54, 1.807) is 0 Å². The summed E-state index contributed by atoms with van der Waals surface area (Å²) in [5, 5.41) is 13.3. The molecule has 1 aliphatic heterocycles. The highest BCUT2D eigenvalue weighted by molar-refractivity contribution is 5.99. The molecule has 0 amide bonds. The third-order valence-corrected chi connectivity index (χ3v) is 7.01. The number of hydrogen-bond acceptors (Lipinski definition) is 6. The molecule has 6 rings (SSSR count). The second-order valence-corrected chi connectivity index (χ2v) is 11.4. The van der Waals surface area contributed by atoms with Gasteiger partial charge in [0.2, 0.25) is 0 Å². The minimum Gasteiger partial charge on any atom is -0.371 e. The summed E-state index contributed by atoms with van der Waals surface area (Å²) < 4.78 is 0. The lowest BCUT2D eigenvalue weighted by Gasteiger charge is -2.29. The topological polar surface area (TPSA) is 98.4 Å². The number of rotatable bonds is 6. The molecule has 1 saturated heterocycles. The predicted molar refractivity (Wildman–Crippen MR) is 155 cm³/mol. The van der Waals surface area contributed by atoms with E-state index in [9.17, 15) is 0 Å². The molecule has 5 aromatic rings. The normalized spacial score (nSPS) is 14.3. The number of aromatic nitrogens is 6. The fourth-order valence-corrected chi connectivity index (χ4v) is 5.37. The third kappa shape index (κ3) is 4.86. The van der Waals surface area contributed by atoms with Gasteiger partial charge in [-0.2, -0.15) is 5.10 Å². The van der Waals surface area contributed by atoms with E-state index >= 15 is 0 Å². The zero-order chi connectivity index (χ0) is 26.3. The van der Waals surface area contributed by atoms with Crippen molar-refractivity contribution in [2.45, 2.75) is 46.5 Å². The second kappa shape index (κ2) is 9.59. The van der Waals surface area contributed by atoms with Crippen LogP contribution in [0.4, 0.5) is 11.4 Å². The van der Waals surface area contributed by atoms with Gasteiger partial charge in [0.05, 0.1) is 35.0 Å². The van der Waals surface area contributed by atoms with Gasteiger partial charge in [0.25, 0.3) is 0 Å². The number of fused-ring (bicyclic) bond motifs is 2. The van der Waals surface area contributed by atoms with Gasteiger partial charge in [0, 0.05) is 53.2 Å². The summed E-state index contributed by atoms with van der Waals surface area (Å²) in [6, 6.07) is 8.44. The molecule has 5 aromatic heterocycles. The Morgan fingerprint density at radius 3 is 2.68 bits per heavy atom. The highest BCUT2D eigenvalue weighted by Gasteiger charge is 2.18. The first kappa shape index (κ1) is 24.2. The Balaban J connectivity index is 1.33. The predicted octanol–water partition coefficient (Wildman–Crippen LogP) is 6.92. The van der Waals surface area contributed by atoms with Gasteiger partial charge >= 0.3 is 0 Å². The van der Waals surface area contributed by atoms with E-state index in [4.69, 9.17) is 4.98 Å². The summed E-state index contributed by atoms with van der Waals surface area (Å²) in [6.07, 6.45) is 12.0. The van der Waals surface area contributed by atoms with E-state index < -0.39 is 0 Å². The quantitative estimate of drug-likeness (QED) is 0.231. The highest BCUT2D eigenvalue weighted by atomic mass is 15.1. The van der Waals surface area contributed by atoms with Crippen LogP contribution in [-0.2, 0) is 0 Å². The molecule has 0 spiro atoms. The molecule has 194 valence electrons. The van der Waals surface area contributed by atoms with Gasteiger partial charge in [-0.05, 0) is 55.4 Å². The van der Waals surface area contributed by atoms with Crippen LogP contribution in [0.3, 0.4) is 0 Å². The number of nitrogens with zero attached hydrogens (tertiary/aromatic N) is 5. The lowest BCUT2D eigenvalue weighted by atomic mass is 9.91. The van der Waals surface area contributed by atoms with E-state index in [1.165, 1.54) is 24.9 Å². The first-order valence-electron chi connectivity index (χ1n) is 13.3. The van der Waals surface area contributed by atoms with Crippen LogP contribution in [0.2, 0.25) is 0 Å². The fourth-order valence-electron chi connectivity index (χ4n) is 5.37. The number of anilines is 2. The number of nitrogens with one attached hydrogen (secondary N) is 3. The molecular formula is C30H34N8. The molecule has 0 unspecified atom stereocenters. The maximum Gasteiger partial charge on any atom is 0.139 e. The van der Waals surface area contributed by atoms with Gasteiger partial charge in [-0.25, -0.2) is 4.98 Å². The zero-order valence-corrected chi connectivity index (χ0v) is 22.3. The molecule has 6 heterocycles. The molecule has 1 aliphatic rings. The summed E-state index contributed by atoms with van der Waals surface area (Å²) in [4.78, 5) is 19.7. The van der Waals surface area contributed by atoms with E-state index in [-0.39, 0.29) is 5.41 Å². The minimum atomic E-state index is 0.159. The van der Waals surface area contributed by atoms with Crippen LogP contribution in [0.15, 0.2) is 61.3 Å². The molecule has 0 aliphatic carbocycles. The molecule has 0 bridgehead atoms. The Bertz CT molecular complexity index is 1610. The Morgan fingerprint density at radius 2 is 1.87 bits per heavy atom. The molecule has 38 heavy (non-hydrogen) atoms. The van der Waals surface area contributed by atoms with Crippen LogP contribution in [0, 0.1) is 5.41 Å². The Hall–Kier alpha value is -4.20. The van der Waals surface area contributed by atoms with Gasteiger partial charge in [-0.1, -0.05) is 27.4 Å². The van der Waals surface area contributed by atoms with Gasteiger partial charge in [-0.3, -0.25) is 15.1 Å². The number of allylic oxidation sites excluding steroid dienone is 1. The number of piperidine rings is 1. The van der Waals surface area contributed by atoms with E-state index in [1.807, 2.05) is 24.8 Å². The van der Waals surface area contributed by atoms with Crippen LogP contribution in [0.1, 0.15) is 46.5 Å². The minimum absolute atomic E-state index is 0.159. The molecule has 0 atom stereocenters. The monoisotopic (exact) mass is 506 g/mol. The van der Waals surface area contributed by atoms with Crippen molar-refractivity contribution in [3.63, 3.8) is 0 Å². The average Bonchev–Trinajstić information content (AvgIpc) is 3.51. The molecule has 8 nitrogen and oxygen atoms in total. The second-order valence-electron chi connectivity index (χ2n) is 11.4. The summed E-state index contributed by atoms with van der Waals surface area (Å²) in [5.74, 6) is 0. The maximum atomic E-state index is 4.69. The molecule has 1 fully saturated rings. The SMILES string of the molecule is C=C(CC(C)(C)C)Nc1cncc(-c2cc3c(-c4cc5c(N6CCCCC6)ccnc5[nH]4)n[nH]c3cn2)c1. The molecule has 0 radical (unpaired) electrons. The zero-order valence-electron chi connectivity index (χ0n) is 22.3. The van der Waals surface area contributed by atoms with E-state index in [2.05, 4.69) is 87.0 Å².